The lowest BCUT2D eigenvalue weighted by Gasteiger charge is -2.14. The highest BCUT2D eigenvalue weighted by atomic mass is 35.5. The van der Waals surface area contributed by atoms with Gasteiger partial charge < -0.3 is 4.90 Å². The van der Waals surface area contributed by atoms with Gasteiger partial charge in [0.05, 0.1) is 12.2 Å². The van der Waals surface area contributed by atoms with Crippen LogP contribution in [-0.4, -0.2) is 42.8 Å². The first-order valence-electron chi connectivity index (χ1n) is 7.43. The zero-order valence-electron chi connectivity index (χ0n) is 12.8. The molecule has 1 N–H and O–H groups in total. The molecule has 0 radical (unpaired) electrons. The Balaban J connectivity index is 1.75. The Labute approximate surface area is 133 Å². The van der Waals surface area contributed by atoms with Crippen LogP contribution in [0.15, 0.2) is 0 Å². The van der Waals surface area contributed by atoms with Gasteiger partial charge in [-0.1, -0.05) is 6.42 Å². The summed E-state index contributed by atoms with van der Waals surface area (Å²) >= 11 is 5.84. The average Bonchev–Trinajstić information content (AvgIpc) is 2.93. The van der Waals surface area contributed by atoms with Gasteiger partial charge in [0.2, 0.25) is 11.1 Å². The van der Waals surface area contributed by atoms with Crippen LogP contribution in [0, 0.1) is 0 Å². The average molecular weight is 323 g/mol. The lowest BCUT2D eigenvalue weighted by molar-refractivity contribution is 0.0771. The van der Waals surface area contributed by atoms with Crippen molar-refractivity contribution in [3.63, 3.8) is 0 Å². The first-order chi connectivity index (χ1) is 10.6. The van der Waals surface area contributed by atoms with Crippen LogP contribution in [0.4, 0.5) is 0 Å². The van der Waals surface area contributed by atoms with E-state index in [1.54, 1.807) is 19.0 Å². The molecule has 0 atom stereocenters. The number of nitrogens with zero attached hydrogens (tertiary/aromatic N) is 5. The van der Waals surface area contributed by atoms with Crippen LogP contribution in [0.25, 0.3) is 0 Å². The highest BCUT2D eigenvalue weighted by molar-refractivity contribution is 6.28. The van der Waals surface area contributed by atoms with E-state index in [2.05, 4.69) is 20.3 Å². The summed E-state index contributed by atoms with van der Waals surface area (Å²) in [4.78, 5) is 17.9. The Kier molecular flexibility index (Phi) is 4.15. The van der Waals surface area contributed by atoms with E-state index < -0.39 is 0 Å². The third-order valence-corrected chi connectivity index (χ3v) is 4.36. The zero-order chi connectivity index (χ0) is 15.7. The summed E-state index contributed by atoms with van der Waals surface area (Å²) in [5, 5.41) is 11.7. The molecule has 0 saturated heterocycles. The number of fused-ring (bicyclic) bond motifs is 1. The Hall–Kier alpha value is -1.89. The van der Waals surface area contributed by atoms with Crippen molar-refractivity contribution in [1.29, 1.82) is 0 Å². The van der Waals surface area contributed by atoms with E-state index in [9.17, 15) is 4.79 Å². The molecule has 1 amide bonds. The predicted octanol–water partition coefficient (Wildman–Crippen LogP) is 1.73. The Morgan fingerprint density at radius 3 is 2.86 bits per heavy atom. The summed E-state index contributed by atoms with van der Waals surface area (Å²) in [6.07, 6.45) is 5.68. The van der Waals surface area contributed by atoms with Gasteiger partial charge in [0.25, 0.3) is 5.91 Å². The smallest absolute Gasteiger partial charge is 0.293 e. The van der Waals surface area contributed by atoms with Crippen LogP contribution in [0.3, 0.4) is 0 Å². The van der Waals surface area contributed by atoms with Crippen molar-refractivity contribution in [2.24, 2.45) is 7.05 Å². The summed E-state index contributed by atoms with van der Waals surface area (Å²) < 4.78 is 1.38. The van der Waals surface area contributed by atoms with Crippen molar-refractivity contribution in [1.82, 2.24) is 29.9 Å². The molecule has 118 valence electrons. The molecular formula is C14H19ClN6O. The van der Waals surface area contributed by atoms with E-state index in [0.717, 1.165) is 18.5 Å². The first kappa shape index (κ1) is 15.0. The molecular weight excluding hydrogens is 304 g/mol. The van der Waals surface area contributed by atoms with E-state index in [1.807, 2.05) is 0 Å². The minimum atomic E-state index is -0.257. The molecule has 1 aliphatic rings. The largest absolute Gasteiger partial charge is 0.333 e. The maximum Gasteiger partial charge on any atom is 0.293 e. The standard InChI is InChI=1S/C14H19ClN6O/c1-20(13(22)12-16-14(15)21(2)19-12)8-11-9-6-4-3-5-7-10(9)17-18-11/h3-8H2,1-2H3,(H,17,18). The van der Waals surface area contributed by atoms with E-state index in [0.29, 0.717) is 6.54 Å². The Morgan fingerprint density at radius 2 is 2.14 bits per heavy atom. The SMILES string of the molecule is CN(Cc1n[nH]c2c1CCCCC2)C(=O)c1nc(Cl)n(C)n1. The topological polar surface area (TPSA) is 79.7 Å². The number of aromatic amines is 1. The fraction of sp³-hybridized carbons (Fsp3) is 0.571. The molecule has 0 fully saturated rings. The molecule has 22 heavy (non-hydrogen) atoms. The number of H-pyrrole nitrogens is 1. The molecule has 0 aliphatic heterocycles. The molecule has 0 aromatic carbocycles. The molecule has 8 heteroatoms. The summed E-state index contributed by atoms with van der Waals surface area (Å²) in [5.74, 6) is -0.149. The summed E-state index contributed by atoms with van der Waals surface area (Å²) in [7, 11) is 3.38. The van der Waals surface area contributed by atoms with Crippen LogP contribution in [0.1, 0.15) is 46.8 Å². The fourth-order valence-corrected chi connectivity index (χ4v) is 2.90. The van der Waals surface area contributed by atoms with Gasteiger partial charge in [0.1, 0.15) is 0 Å². The molecule has 0 bridgehead atoms. The van der Waals surface area contributed by atoms with E-state index in [-0.39, 0.29) is 17.0 Å². The minimum Gasteiger partial charge on any atom is -0.333 e. The van der Waals surface area contributed by atoms with E-state index in [4.69, 9.17) is 11.6 Å². The lowest BCUT2D eigenvalue weighted by atomic mass is 10.1. The maximum absolute atomic E-state index is 12.4. The van der Waals surface area contributed by atoms with Crippen molar-refractivity contribution >= 4 is 17.5 Å². The fourth-order valence-electron chi connectivity index (χ4n) is 2.78. The van der Waals surface area contributed by atoms with Crippen LogP contribution in [0.2, 0.25) is 5.28 Å². The minimum absolute atomic E-state index is 0.108. The molecule has 3 rings (SSSR count). The molecule has 2 aromatic heterocycles. The summed E-state index contributed by atoms with van der Waals surface area (Å²) in [6, 6.07) is 0. The molecule has 7 nitrogen and oxygen atoms in total. The third kappa shape index (κ3) is 2.85. The third-order valence-electron chi connectivity index (χ3n) is 4.03. The highest BCUT2D eigenvalue weighted by Crippen LogP contribution is 2.22. The van der Waals surface area contributed by atoms with Gasteiger partial charge in [0.15, 0.2) is 0 Å². The Bertz CT molecular complexity index is 672. The maximum atomic E-state index is 12.4. The molecule has 1 aliphatic carbocycles. The molecule has 2 heterocycles. The second-order valence-electron chi connectivity index (χ2n) is 5.68. The van der Waals surface area contributed by atoms with Gasteiger partial charge in [-0.3, -0.25) is 9.89 Å². The van der Waals surface area contributed by atoms with Gasteiger partial charge in [-0.05, 0) is 42.8 Å². The quantitative estimate of drug-likeness (QED) is 0.873. The number of halogens is 1. The van der Waals surface area contributed by atoms with Crippen LogP contribution in [-0.2, 0) is 26.4 Å². The summed E-state index contributed by atoms with van der Waals surface area (Å²) in [5.41, 5.74) is 3.42. The normalized spacial score (nSPS) is 14.5. The van der Waals surface area contributed by atoms with Crippen molar-refractivity contribution in [3.05, 3.63) is 28.1 Å². The lowest BCUT2D eigenvalue weighted by Crippen LogP contribution is -2.28. The predicted molar refractivity (Wildman–Crippen MR) is 81.7 cm³/mol. The molecule has 0 spiro atoms. The number of carbonyl (C=O) groups excluding carboxylic acids is 1. The van der Waals surface area contributed by atoms with Crippen molar-refractivity contribution < 1.29 is 4.79 Å². The number of carbonyl (C=O) groups is 1. The van der Waals surface area contributed by atoms with Crippen molar-refractivity contribution in [2.75, 3.05) is 7.05 Å². The van der Waals surface area contributed by atoms with E-state index in [1.165, 1.54) is 35.2 Å². The van der Waals surface area contributed by atoms with Gasteiger partial charge in [-0.2, -0.15) is 10.1 Å². The summed E-state index contributed by atoms with van der Waals surface area (Å²) in [6.45, 7) is 0.445. The number of aryl methyl sites for hydroxylation is 2. The highest BCUT2D eigenvalue weighted by Gasteiger charge is 2.22. The van der Waals surface area contributed by atoms with E-state index >= 15 is 0 Å². The molecule has 0 unspecified atom stereocenters. The Morgan fingerprint density at radius 1 is 1.36 bits per heavy atom. The van der Waals surface area contributed by atoms with Gasteiger partial charge >= 0.3 is 0 Å². The number of hydrogen-bond acceptors (Lipinski definition) is 4. The zero-order valence-corrected chi connectivity index (χ0v) is 13.5. The number of nitrogens with one attached hydrogen (secondary N) is 1. The molecule has 0 saturated carbocycles. The van der Waals surface area contributed by atoms with Crippen LogP contribution >= 0.6 is 11.6 Å². The second kappa shape index (κ2) is 6.08. The van der Waals surface area contributed by atoms with Crippen molar-refractivity contribution in [3.8, 4) is 0 Å². The second-order valence-corrected chi connectivity index (χ2v) is 6.02. The van der Waals surface area contributed by atoms with Crippen LogP contribution in [0.5, 0.6) is 0 Å². The molecule has 2 aromatic rings. The number of rotatable bonds is 3. The van der Waals surface area contributed by atoms with Crippen LogP contribution < -0.4 is 0 Å². The van der Waals surface area contributed by atoms with Gasteiger partial charge in [-0.25, -0.2) is 4.68 Å². The number of amides is 1. The van der Waals surface area contributed by atoms with Gasteiger partial charge in [-0.15, -0.1) is 5.10 Å². The monoisotopic (exact) mass is 322 g/mol. The first-order valence-corrected chi connectivity index (χ1v) is 7.81. The van der Waals surface area contributed by atoms with Crippen molar-refractivity contribution in [2.45, 2.75) is 38.6 Å². The van der Waals surface area contributed by atoms with Gasteiger partial charge in [0, 0.05) is 19.8 Å². The number of hydrogen-bond donors (Lipinski definition) is 1. The number of aromatic nitrogens is 5.